The number of benzene rings is 4. The third-order valence-corrected chi connectivity index (χ3v) is 10.5. The quantitative estimate of drug-likeness (QED) is 0.0459. The average Bonchev–Trinajstić information content (AvgIpc) is 3.74. The third kappa shape index (κ3) is 10.4. The van der Waals surface area contributed by atoms with Crippen molar-refractivity contribution in [2.45, 2.75) is 24.9 Å². The predicted molar refractivity (Wildman–Crippen MR) is 217 cm³/mol. The van der Waals surface area contributed by atoms with Crippen LogP contribution < -0.4 is 42.5 Å². The van der Waals surface area contributed by atoms with Crippen molar-refractivity contribution in [3.05, 3.63) is 129 Å². The second-order valence-electron chi connectivity index (χ2n) is 13.8. The largest absolute Gasteiger partial charge is 0.356 e. The van der Waals surface area contributed by atoms with E-state index < -0.39 is 47.3 Å². The lowest BCUT2D eigenvalue weighted by atomic mass is 10.0. The summed E-state index contributed by atoms with van der Waals surface area (Å²) < 4.78 is 27.7. The zero-order valence-corrected chi connectivity index (χ0v) is 32.3. The number of amides is 4. The van der Waals surface area contributed by atoms with E-state index in [0.29, 0.717) is 25.9 Å². The van der Waals surface area contributed by atoms with Gasteiger partial charge in [0.1, 0.15) is 11.6 Å². The van der Waals surface area contributed by atoms with Gasteiger partial charge in [-0.15, -0.1) is 0 Å². The van der Waals surface area contributed by atoms with Gasteiger partial charge in [0.2, 0.25) is 0 Å². The number of halogens is 4. The normalized spacial score (nSPS) is 17.5. The summed E-state index contributed by atoms with van der Waals surface area (Å²) in [6, 6.07) is 21.4. The van der Waals surface area contributed by atoms with E-state index in [9.17, 15) is 28.0 Å². The van der Waals surface area contributed by atoms with E-state index >= 15 is 0 Å². The summed E-state index contributed by atoms with van der Waals surface area (Å²) in [5.74, 6) is -5.53. The molecule has 0 aromatic heterocycles. The summed E-state index contributed by atoms with van der Waals surface area (Å²) in [6.45, 7) is 1.16. The molecular weight excluding hydrogens is 793 g/mol. The number of hydrogen-bond acceptors (Lipinski definition) is 6. The first-order chi connectivity index (χ1) is 27.9. The van der Waals surface area contributed by atoms with Crippen LogP contribution in [0.3, 0.4) is 0 Å². The maximum atomic E-state index is 13.8. The van der Waals surface area contributed by atoms with Crippen LogP contribution >= 0.6 is 23.2 Å². The lowest BCUT2D eigenvalue weighted by molar-refractivity contribution is -0.136. The molecule has 0 saturated heterocycles. The Morgan fingerprint density at radius 3 is 1.36 bits per heavy atom. The molecule has 4 aromatic carbocycles. The third-order valence-electron chi connectivity index (χ3n) is 9.84. The molecule has 0 aliphatic heterocycles. The van der Waals surface area contributed by atoms with Gasteiger partial charge >= 0.3 is 23.6 Å². The topological polar surface area (TPSA) is 212 Å². The fourth-order valence-electron chi connectivity index (χ4n) is 7.03. The van der Waals surface area contributed by atoms with E-state index in [2.05, 4.69) is 42.5 Å². The van der Waals surface area contributed by atoms with Crippen molar-refractivity contribution >= 4 is 70.1 Å². The van der Waals surface area contributed by atoms with E-state index in [1.807, 2.05) is 48.5 Å². The van der Waals surface area contributed by atoms with E-state index in [1.54, 1.807) is 0 Å². The van der Waals surface area contributed by atoms with Gasteiger partial charge in [0.15, 0.2) is 11.9 Å². The van der Waals surface area contributed by atoms with Gasteiger partial charge in [0.25, 0.3) is 0 Å². The maximum Gasteiger partial charge on any atom is 0.313 e. The Morgan fingerprint density at radius 2 is 0.966 bits per heavy atom. The van der Waals surface area contributed by atoms with E-state index in [4.69, 9.17) is 34.0 Å². The molecule has 0 saturated carbocycles. The molecule has 4 aromatic rings. The van der Waals surface area contributed by atoms with Crippen LogP contribution in [-0.4, -0.2) is 61.7 Å². The number of rotatable bonds is 11. The number of nitrogens with one attached hydrogen (secondary N) is 10. The summed E-state index contributed by atoms with van der Waals surface area (Å²) in [7, 11) is 0. The molecule has 2 aliphatic rings. The molecule has 0 fully saturated rings. The molecule has 0 unspecified atom stereocenters. The van der Waals surface area contributed by atoms with Gasteiger partial charge < -0.3 is 42.5 Å². The van der Waals surface area contributed by atoms with Gasteiger partial charge in [0.05, 0.1) is 22.1 Å². The van der Waals surface area contributed by atoms with Gasteiger partial charge in [-0.25, -0.2) is 8.78 Å². The van der Waals surface area contributed by atoms with Crippen LogP contribution in [0.4, 0.5) is 20.2 Å². The van der Waals surface area contributed by atoms with Crippen LogP contribution in [-0.2, 0) is 32.0 Å². The first-order valence-corrected chi connectivity index (χ1v) is 19.0. The van der Waals surface area contributed by atoms with Crippen molar-refractivity contribution in [2.24, 2.45) is 11.8 Å². The van der Waals surface area contributed by atoms with Crippen LogP contribution in [0.1, 0.15) is 34.3 Å². The summed E-state index contributed by atoms with van der Waals surface area (Å²) in [5, 5.41) is 38.8. The molecule has 58 heavy (non-hydrogen) atoms. The molecular formula is C40H40Cl2F2N10O4. The predicted octanol–water partition coefficient (Wildman–Crippen LogP) is 4.14. The van der Waals surface area contributed by atoms with Crippen LogP contribution in [0, 0.1) is 34.3 Å². The second-order valence-corrected chi connectivity index (χ2v) is 14.6. The van der Waals surface area contributed by atoms with Crippen molar-refractivity contribution in [2.75, 3.05) is 36.8 Å². The summed E-state index contributed by atoms with van der Waals surface area (Å²) in [4.78, 5) is 51.2. The molecule has 0 spiro atoms. The second kappa shape index (κ2) is 18.8. The zero-order valence-electron chi connectivity index (χ0n) is 30.8. The number of carbonyl (C=O) groups excluding carboxylic acids is 4. The minimum Gasteiger partial charge on any atom is -0.356 e. The Hall–Kier alpha value is -6.26. The molecule has 4 atom stereocenters. The van der Waals surface area contributed by atoms with Gasteiger partial charge in [-0.3, -0.25) is 30.0 Å². The molecule has 14 nitrogen and oxygen atoms in total. The van der Waals surface area contributed by atoms with Gasteiger partial charge in [-0.1, -0.05) is 71.7 Å². The number of carbonyl (C=O) groups is 4. The summed E-state index contributed by atoms with van der Waals surface area (Å²) in [6.07, 6.45) is 1.18. The number of guanidine groups is 2. The van der Waals surface area contributed by atoms with Crippen molar-refractivity contribution < 1.29 is 28.0 Å². The zero-order chi connectivity index (χ0) is 41.3. The molecule has 2 aliphatic carbocycles. The van der Waals surface area contributed by atoms with E-state index in [-0.39, 0.29) is 58.3 Å². The van der Waals surface area contributed by atoms with Crippen molar-refractivity contribution in [3.63, 3.8) is 0 Å². The van der Waals surface area contributed by atoms with Gasteiger partial charge in [-0.2, -0.15) is 0 Å². The molecule has 0 radical (unpaired) electrons. The smallest absolute Gasteiger partial charge is 0.313 e. The molecule has 302 valence electrons. The Bertz CT molecular complexity index is 2090. The Balaban J connectivity index is 0.930. The molecule has 10 N–H and O–H groups in total. The highest BCUT2D eigenvalue weighted by Crippen LogP contribution is 2.37. The number of hydrogen-bond donors (Lipinski definition) is 10. The molecule has 0 bridgehead atoms. The fraction of sp³-hybridized carbons (Fsp3) is 0.250. The van der Waals surface area contributed by atoms with Crippen LogP contribution in [0.5, 0.6) is 0 Å². The van der Waals surface area contributed by atoms with E-state index in [0.717, 1.165) is 34.4 Å². The Morgan fingerprint density at radius 1 is 0.569 bits per heavy atom. The van der Waals surface area contributed by atoms with Crippen molar-refractivity contribution in [1.29, 1.82) is 10.8 Å². The Labute approximate surface area is 342 Å². The highest BCUT2D eigenvalue weighted by Gasteiger charge is 2.36. The highest BCUT2D eigenvalue weighted by atomic mass is 35.5. The molecule has 0 heterocycles. The molecule has 18 heteroatoms. The molecule has 4 amide bonds. The van der Waals surface area contributed by atoms with Crippen molar-refractivity contribution in [1.82, 2.24) is 31.9 Å². The lowest BCUT2D eigenvalue weighted by Crippen LogP contribution is -2.47. The first-order valence-electron chi connectivity index (χ1n) is 18.3. The minimum atomic E-state index is -0.963. The maximum absolute atomic E-state index is 13.8. The van der Waals surface area contributed by atoms with Crippen LogP contribution in [0.15, 0.2) is 84.9 Å². The van der Waals surface area contributed by atoms with Crippen LogP contribution in [0.2, 0.25) is 10.0 Å². The van der Waals surface area contributed by atoms with Crippen molar-refractivity contribution in [3.8, 4) is 0 Å². The van der Waals surface area contributed by atoms with E-state index in [1.165, 1.54) is 24.3 Å². The summed E-state index contributed by atoms with van der Waals surface area (Å²) in [5.41, 5.74) is 3.89. The highest BCUT2D eigenvalue weighted by molar-refractivity contribution is 6.40. The summed E-state index contributed by atoms with van der Waals surface area (Å²) >= 11 is 11.4. The number of anilines is 2. The standard InChI is InChI=1S/C40H40Cl2F2N10O4/c41-29-11-9-25(17-31(29)43)51-35(55)37(57)53-33-23(15-21-5-1-3-7-27(21)33)19-49-39(45)47-13-14-48-40(46)50-20-24-16-22-6-2-4-8-28(22)34(24)54-38(58)36(56)52-26-10-12-30(42)32(44)18-26/h1-12,17-18,23-24,33-34H,13-16,19-20H2,(H,51,55)(H,52,56)(H,53,57)(H,54,58)(H3,45,47,49)(H3,46,48,50)/t23-,24-,33-,34-/m1/s1. The minimum absolute atomic E-state index is 0.0253. The first kappa shape index (κ1) is 41.4. The monoisotopic (exact) mass is 832 g/mol. The van der Waals surface area contributed by atoms with Gasteiger partial charge in [0, 0.05) is 49.4 Å². The van der Waals surface area contributed by atoms with Gasteiger partial charge in [-0.05, 0) is 71.5 Å². The van der Waals surface area contributed by atoms with Crippen LogP contribution in [0.25, 0.3) is 0 Å². The number of fused-ring (bicyclic) bond motifs is 2. The lowest BCUT2D eigenvalue weighted by Gasteiger charge is -2.23. The molecule has 6 rings (SSSR count). The Kier molecular flexibility index (Phi) is 13.4. The average molecular weight is 834 g/mol. The SMILES string of the molecule is N=C(NCCNC(=N)NC[C@H]1Cc2ccccc2[C@@H]1NC(=O)C(=O)Nc1ccc(Cl)c(F)c1)NC[C@H]1Cc2ccccc2[C@@H]1NC(=O)C(=O)Nc1ccc(Cl)c(F)c1. The fourth-order valence-corrected chi connectivity index (χ4v) is 7.27.